The van der Waals surface area contributed by atoms with Crippen molar-refractivity contribution < 1.29 is 9.18 Å². The second-order valence-corrected chi connectivity index (χ2v) is 8.53. The van der Waals surface area contributed by atoms with Crippen molar-refractivity contribution in [2.75, 3.05) is 5.32 Å². The second-order valence-electron chi connectivity index (χ2n) is 8.53. The molecule has 3 aromatic rings. The van der Waals surface area contributed by atoms with Gasteiger partial charge in [-0.1, -0.05) is 30.7 Å². The van der Waals surface area contributed by atoms with Crippen molar-refractivity contribution in [3.63, 3.8) is 0 Å². The maximum atomic E-state index is 13.1. The summed E-state index contributed by atoms with van der Waals surface area (Å²) in [4.78, 5) is 21.7. The molecule has 1 amide bonds. The molecule has 1 aromatic carbocycles. The summed E-state index contributed by atoms with van der Waals surface area (Å²) in [5, 5.41) is 2.86. The van der Waals surface area contributed by atoms with Gasteiger partial charge in [-0.15, -0.1) is 0 Å². The van der Waals surface area contributed by atoms with Crippen molar-refractivity contribution in [2.45, 2.75) is 50.4 Å². The number of anilines is 1. The Morgan fingerprint density at radius 2 is 1.83 bits per heavy atom. The lowest BCUT2D eigenvalue weighted by molar-refractivity contribution is -0.124. The van der Waals surface area contributed by atoms with Crippen molar-refractivity contribution in [3.8, 4) is 11.1 Å². The van der Waals surface area contributed by atoms with Crippen molar-refractivity contribution in [1.82, 2.24) is 9.97 Å². The minimum atomic E-state index is -0.544. The molecular weight excluding hydrogens is 377 g/mol. The van der Waals surface area contributed by atoms with Crippen LogP contribution < -0.4 is 5.32 Å². The molecule has 2 heterocycles. The molecule has 5 rings (SSSR count). The minimum absolute atomic E-state index is 0.0766. The fraction of sp³-hybridized carbons (Fsp3) is 0.320. The van der Waals surface area contributed by atoms with Crippen LogP contribution in [0.1, 0.15) is 54.8 Å². The van der Waals surface area contributed by atoms with Crippen LogP contribution in [0.3, 0.4) is 0 Å². The molecule has 4 nitrogen and oxygen atoms in total. The van der Waals surface area contributed by atoms with Crippen LogP contribution in [0.2, 0.25) is 0 Å². The average Bonchev–Trinajstić information content (AvgIpc) is 3.55. The standard InChI is InChI=1S/C25H24FN3O/c1-16-13-22(18-3-4-18)27-15-21(16)17-5-7-19(8-6-17)25(11-2-12-25)24(30)29-23-10-9-20(26)14-28-23/h5-10,13-15,18H,2-4,11-12H2,1H3,(H,28,29,30). The molecule has 0 unspecified atom stereocenters. The predicted molar refractivity (Wildman–Crippen MR) is 115 cm³/mol. The third-order valence-corrected chi connectivity index (χ3v) is 6.49. The predicted octanol–water partition coefficient (Wildman–Crippen LogP) is 5.53. The molecule has 2 saturated carbocycles. The number of aromatic nitrogens is 2. The minimum Gasteiger partial charge on any atom is -0.310 e. The highest BCUT2D eigenvalue weighted by Gasteiger charge is 2.45. The smallest absolute Gasteiger partial charge is 0.236 e. The van der Waals surface area contributed by atoms with Crippen LogP contribution in [-0.4, -0.2) is 15.9 Å². The van der Waals surface area contributed by atoms with Crippen molar-refractivity contribution in [2.24, 2.45) is 0 Å². The number of amides is 1. The van der Waals surface area contributed by atoms with Crippen LogP contribution in [0.15, 0.2) is 54.9 Å². The second kappa shape index (κ2) is 7.31. The van der Waals surface area contributed by atoms with E-state index in [0.29, 0.717) is 11.7 Å². The molecule has 2 aliphatic rings. The van der Waals surface area contributed by atoms with Gasteiger partial charge in [-0.05, 0) is 67.5 Å². The quantitative estimate of drug-likeness (QED) is 0.612. The van der Waals surface area contributed by atoms with Gasteiger partial charge in [-0.2, -0.15) is 0 Å². The zero-order valence-corrected chi connectivity index (χ0v) is 17.0. The van der Waals surface area contributed by atoms with Crippen molar-refractivity contribution in [3.05, 3.63) is 77.5 Å². The van der Waals surface area contributed by atoms with Crippen molar-refractivity contribution >= 4 is 11.7 Å². The normalized spacial score (nSPS) is 17.3. The Labute approximate surface area is 175 Å². The van der Waals surface area contributed by atoms with Gasteiger partial charge >= 0.3 is 0 Å². The lowest BCUT2D eigenvalue weighted by atomic mass is 9.63. The molecule has 2 aromatic heterocycles. The molecule has 0 spiro atoms. The number of pyridine rings is 2. The molecular formula is C25H24FN3O. The number of hydrogen-bond donors (Lipinski definition) is 1. The molecule has 0 aliphatic heterocycles. The van der Waals surface area contributed by atoms with Crippen LogP contribution >= 0.6 is 0 Å². The number of carbonyl (C=O) groups excluding carboxylic acids is 1. The summed E-state index contributed by atoms with van der Waals surface area (Å²) in [6, 6.07) is 13.3. The number of halogens is 1. The molecule has 5 heteroatoms. The highest BCUT2D eigenvalue weighted by molar-refractivity contribution is 5.99. The summed E-state index contributed by atoms with van der Waals surface area (Å²) >= 11 is 0. The summed E-state index contributed by atoms with van der Waals surface area (Å²) in [6.45, 7) is 2.13. The summed E-state index contributed by atoms with van der Waals surface area (Å²) in [5.74, 6) is 0.526. The third-order valence-electron chi connectivity index (χ3n) is 6.49. The van der Waals surface area contributed by atoms with Crippen LogP contribution in [0.5, 0.6) is 0 Å². The fourth-order valence-electron chi connectivity index (χ4n) is 4.31. The first-order valence-electron chi connectivity index (χ1n) is 10.6. The van der Waals surface area contributed by atoms with E-state index in [4.69, 9.17) is 0 Å². The van der Waals surface area contributed by atoms with Gasteiger partial charge < -0.3 is 5.32 Å². The Bertz CT molecular complexity index is 1080. The van der Waals surface area contributed by atoms with Crippen molar-refractivity contribution in [1.29, 1.82) is 0 Å². The Morgan fingerprint density at radius 3 is 2.40 bits per heavy atom. The van der Waals surface area contributed by atoms with Crippen LogP contribution in [0.4, 0.5) is 10.2 Å². The Balaban J connectivity index is 1.38. The Morgan fingerprint density at radius 1 is 1.07 bits per heavy atom. The molecule has 30 heavy (non-hydrogen) atoms. The molecule has 152 valence electrons. The molecule has 2 aliphatic carbocycles. The maximum Gasteiger partial charge on any atom is 0.236 e. The lowest BCUT2D eigenvalue weighted by Crippen LogP contribution is -2.46. The lowest BCUT2D eigenvalue weighted by Gasteiger charge is -2.40. The van der Waals surface area contributed by atoms with Gasteiger partial charge in [0, 0.05) is 23.4 Å². The highest BCUT2D eigenvalue weighted by atomic mass is 19.1. The molecule has 0 radical (unpaired) electrons. The van der Waals surface area contributed by atoms with Gasteiger partial charge in [0.05, 0.1) is 11.6 Å². The van der Waals surface area contributed by atoms with Gasteiger partial charge in [0.2, 0.25) is 5.91 Å². The molecule has 0 saturated heterocycles. The van der Waals surface area contributed by atoms with Gasteiger partial charge in [0.15, 0.2) is 0 Å². The monoisotopic (exact) mass is 401 g/mol. The fourth-order valence-corrected chi connectivity index (χ4v) is 4.31. The number of benzene rings is 1. The molecule has 2 fully saturated rings. The number of aryl methyl sites for hydroxylation is 1. The van der Waals surface area contributed by atoms with E-state index in [0.717, 1.165) is 42.1 Å². The van der Waals surface area contributed by atoms with Gasteiger partial charge in [0.1, 0.15) is 11.6 Å². The summed E-state index contributed by atoms with van der Waals surface area (Å²) < 4.78 is 13.1. The molecule has 0 atom stereocenters. The van der Waals surface area contributed by atoms with E-state index in [9.17, 15) is 9.18 Å². The van der Waals surface area contributed by atoms with Crippen LogP contribution in [0.25, 0.3) is 11.1 Å². The number of hydrogen-bond acceptors (Lipinski definition) is 3. The van der Waals surface area contributed by atoms with E-state index in [2.05, 4.69) is 52.5 Å². The van der Waals surface area contributed by atoms with Crippen LogP contribution in [-0.2, 0) is 10.2 Å². The number of rotatable bonds is 5. The Kier molecular flexibility index (Phi) is 4.61. The van der Waals surface area contributed by atoms with E-state index in [1.807, 2.05) is 6.20 Å². The van der Waals surface area contributed by atoms with E-state index in [1.54, 1.807) is 0 Å². The SMILES string of the molecule is Cc1cc(C2CC2)ncc1-c1ccc(C2(C(=O)Nc3ccc(F)cn3)CCC2)cc1. The third kappa shape index (κ3) is 3.38. The van der Waals surface area contributed by atoms with Crippen LogP contribution in [0, 0.1) is 12.7 Å². The number of nitrogens with one attached hydrogen (secondary N) is 1. The first-order chi connectivity index (χ1) is 14.5. The van der Waals surface area contributed by atoms with E-state index < -0.39 is 11.2 Å². The largest absolute Gasteiger partial charge is 0.310 e. The van der Waals surface area contributed by atoms with Gasteiger partial charge in [0.25, 0.3) is 0 Å². The summed E-state index contributed by atoms with van der Waals surface area (Å²) in [7, 11) is 0. The highest BCUT2D eigenvalue weighted by Crippen LogP contribution is 2.45. The first kappa shape index (κ1) is 18.9. The average molecular weight is 401 g/mol. The summed E-state index contributed by atoms with van der Waals surface area (Å²) in [5.41, 5.74) is 5.15. The summed E-state index contributed by atoms with van der Waals surface area (Å²) in [6.07, 6.45) is 8.20. The maximum absolute atomic E-state index is 13.1. The number of nitrogens with zero attached hydrogens (tertiary/aromatic N) is 2. The van der Waals surface area contributed by atoms with Gasteiger partial charge in [-0.3, -0.25) is 9.78 Å². The topological polar surface area (TPSA) is 54.9 Å². The zero-order chi connectivity index (χ0) is 20.7. The van der Waals surface area contributed by atoms with E-state index >= 15 is 0 Å². The molecule has 0 bridgehead atoms. The van der Waals surface area contributed by atoms with Gasteiger partial charge in [-0.25, -0.2) is 9.37 Å². The number of carbonyl (C=O) groups is 1. The van der Waals surface area contributed by atoms with E-state index in [-0.39, 0.29) is 5.91 Å². The first-order valence-corrected chi connectivity index (χ1v) is 10.6. The van der Waals surface area contributed by atoms with E-state index in [1.165, 1.54) is 36.2 Å². The molecule has 1 N–H and O–H groups in total. The Hall–Kier alpha value is -3.08. The zero-order valence-electron chi connectivity index (χ0n) is 17.0.